The molecule has 0 radical (unpaired) electrons. The molecular formula is C30H36NO2+. The van der Waals surface area contributed by atoms with E-state index in [1.165, 1.54) is 33.0 Å². The van der Waals surface area contributed by atoms with Gasteiger partial charge in [0, 0.05) is 11.5 Å². The lowest BCUT2D eigenvalue weighted by Gasteiger charge is -2.27. The maximum atomic E-state index is 6.85. The highest BCUT2D eigenvalue weighted by atomic mass is 16.5. The standard InChI is InChI=1S/C30H36NO2/c1-17-12-20-13-19(15-29(3,4)5)14-23-25(20)24(18(17)2)26-28(33-23)21(16-30(6,7)8)27-22(31(26)9)10-11-32-27/h10-14H,15-16H2,1-9H3/q+1. The van der Waals surface area contributed by atoms with E-state index in [0.717, 1.165) is 46.7 Å². The summed E-state index contributed by atoms with van der Waals surface area (Å²) in [5.41, 5.74) is 9.92. The molecule has 0 unspecified atom stereocenters. The van der Waals surface area contributed by atoms with Crippen LogP contribution in [0.1, 0.15) is 63.8 Å². The molecule has 0 N–H and O–H groups in total. The first kappa shape index (κ1) is 22.0. The second kappa shape index (κ2) is 7.09. The largest absolute Gasteiger partial charge is 0.457 e. The van der Waals surface area contributed by atoms with Gasteiger partial charge in [-0.15, -0.1) is 0 Å². The van der Waals surface area contributed by atoms with Crippen molar-refractivity contribution in [3.8, 4) is 22.8 Å². The third-order valence-corrected chi connectivity index (χ3v) is 6.78. The van der Waals surface area contributed by atoms with E-state index in [1.54, 1.807) is 6.26 Å². The summed E-state index contributed by atoms with van der Waals surface area (Å²) in [5.74, 6) is 1.92. The van der Waals surface area contributed by atoms with Gasteiger partial charge >= 0.3 is 0 Å². The number of furan rings is 1. The Morgan fingerprint density at radius 1 is 0.909 bits per heavy atom. The summed E-state index contributed by atoms with van der Waals surface area (Å²) in [4.78, 5) is 0. The quantitative estimate of drug-likeness (QED) is 0.259. The zero-order valence-electron chi connectivity index (χ0n) is 21.6. The number of benzene rings is 2. The lowest BCUT2D eigenvalue weighted by Crippen LogP contribution is -2.34. The minimum atomic E-state index is 0.0993. The number of hydrogen-bond donors (Lipinski definition) is 0. The first-order valence-corrected chi connectivity index (χ1v) is 12.0. The monoisotopic (exact) mass is 442 g/mol. The second-order valence-electron chi connectivity index (χ2n) is 12.3. The zero-order valence-corrected chi connectivity index (χ0v) is 21.6. The fraction of sp³-hybridized carbons (Fsp3) is 0.433. The molecule has 1 aliphatic heterocycles. The number of fused-ring (bicyclic) bond motifs is 3. The number of ether oxygens (including phenoxy) is 1. The van der Waals surface area contributed by atoms with Crippen molar-refractivity contribution in [3.63, 3.8) is 0 Å². The number of nitrogens with zero attached hydrogens (tertiary/aromatic N) is 1. The minimum absolute atomic E-state index is 0.0993. The van der Waals surface area contributed by atoms with Crippen LogP contribution < -0.4 is 9.30 Å². The summed E-state index contributed by atoms with van der Waals surface area (Å²) in [7, 11) is 2.13. The van der Waals surface area contributed by atoms with Gasteiger partial charge in [-0.1, -0.05) is 53.7 Å². The maximum Gasteiger partial charge on any atom is 0.257 e. The first-order chi connectivity index (χ1) is 15.3. The molecule has 3 heteroatoms. The van der Waals surface area contributed by atoms with Crippen molar-refractivity contribution in [3.05, 3.63) is 52.8 Å². The SMILES string of the molecule is Cc1cc2cc(CC(C)(C)C)cc3c2c(c1C)-c1c(c(CC(C)(C)C)c2occc2[n+]1C)O3. The van der Waals surface area contributed by atoms with E-state index in [-0.39, 0.29) is 10.8 Å². The number of aryl methyl sites for hydroxylation is 2. The van der Waals surface area contributed by atoms with Crippen molar-refractivity contribution in [2.75, 3.05) is 0 Å². The molecule has 0 spiro atoms. The van der Waals surface area contributed by atoms with Crippen molar-refractivity contribution in [1.29, 1.82) is 0 Å². The highest BCUT2D eigenvalue weighted by Crippen LogP contribution is 2.51. The Labute approximate surface area is 197 Å². The zero-order chi connectivity index (χ0) is 23.9. The molecule has 0 atom stereocenters. The molecule has 33 heavy (non-hydrogen) atoms. The Bertz CT molecular complexity index is 1420. The Morgan fingerprint density at radius 2 is 1.61 bits per heavy atom. The fourth-order valence-corrected chi connectivity index (χ4v) is 5.40. The van der Waals surface area contributed by atoms with Gasteiger partial charge < -0.3 is 9.15 Å². The van der Waals surface area contributed by atoms with E-state index in [9.17, 15) is 0 Å². The van der Waals surface area contributed by atoms with Crippen LogP contribution in [0, 0.1) is 24.7 Å². The summed E-state index contributed by atoms with van der Waals surface area (Å²) in [6.07, 6.45) is 3.69. The van der Waals surface area contributed by atoms with Crippen LogP contribution in [0.3, 0.4) is 0 Å². The lowest BCUT2D eigenvalue weighted by atomic mass is 9.83. The second-order valence-corrected chi connectivity index (χ2v) is 12.3. The van der Waals surface area contributed by atoms with Crippen LogP contribution >= 0.6 is 0 Å². The van der Waals surface area contributed by atoms with Crippen LogP contribution in [-0.4, -0.2) is 0 Å². The molecule has 0 amide bonds. The highest BCUT2D eigenvalue weighted by Gasteiger charge is 2.37. The van der Waals surface area contributed by atoms with Crippen molar-refractivity contribution in [1.82, 2.24) is 0 Å². The van der Waals surface area contributed by atoms with Gasteiger partial charge in [-0.25, -0.2) is 0 Å². The van der Waals surface area contributed by atoms with E-state index >= 15 is 0 Å². The summed E-state index contributed by atoms with van der Waals surface area (Å²) in [6.45, 7) is 18.2. The molecule has 0 bridgehead atoms. The first-order valence-electron chi connectivity index (χ1n) is 12.0. The minimum Gasteiger partial charge on any atom is -0.457 e. The molecule has 2 aromatic carbocycles. The van der Waals surface area contributed by atoms with E-state index < -0.39 is 0 Å². The molecule has 3 nitrogen and oxygen atoms in total. The summed E-state index contributed by atoms with van der Waals surface area (Å²) in [5, 5.41) is 2.49. The van der Waals surface area contributed by atoms with Crippen LogP contribution in [0.25, 0.3) is 33.1 Å². The number of pyridine rings is 1. The average molecular weight is 443 g/mol. The van der Waals surface area contributed by atoms with E-state index in [1.807, 2.05) is 0 Å². The van der Waals surface area contributed by atoms with Gasteiger partial charge in [0.15, 0.2) is 0 Å². The van der Waals surface area contributed by atoms with E-state index in [2.05, 4.69) is 91.3 Å². The van der Waals surface area contributed by atoms with Gasteiger partial charge in [0.2, 0.25) is 11.3 Å². The van der Waals surface area contributed by atoms with Gasteiger partial charge in [0.05, 0.1) is 17.4 Å². The van der Waals surface area contributed by atoms with Gasteiger partial charge in [0.1, 0.15) is 12.8 Å². The van der Waals surface area contributed by atoms with Crippen LogP contribution in [-0.2, 0) is 19.9 Å². The predicted octanol–water partition coefficient (Wildman–Crippen LogP) is 7.98. The van der Waals surface area contributed by atoms with Crippen LogP contribution in [0.15, 0.2) is 34.9 Å². The number of aromatic nitrogens is 1. The lowest BCUT2D eigenvalue weighted by molar-refractivity contribution is -0.634. The van der Waals surface area contributed by atoms with Crippen LogP contribution in [0.2, 0.25) is 0 Å². The molecule has 3 heterocycles. The molecule has 172 valence electrons. The Kier molecular flexibility index (Phi) is 4.73. The number of hydrogen-bond acceptors (Lipinski definition) is 2. The molecule has 0 aliphatic carbocycles. The van der Waals surface area contributed by atoms with Gasteiger partial charge in [0.25, 0.3) is 11.2 Å². The van der Waals surface area contributed by atoms with Gasteiger partial charge in [-0.05, 0) is 65.7 Å². The molecule has 1 aliphatic rings. The highest BCUT2D eigenvalue weighted by molar-refractivity contribution is 6.06. The van der Waals surface area contributed by atoms with E-state index in [4.69, 9.17) is 9.15 Å². The molecule has 0 saturated carbocycles. The van der Waals surface area contributed by atoms with Gasteiger partial charge in [-0.3, -0.25) is 0 Å². The summed E-state index contributed by atoms with van der Waals surface area (Å²) < 4.78 is 15.2. The fourth-order valence-electron chi connectivity index (χ4n) is 5.40. The molecule has 0 saturated heterocycles. The summed E-state index contributed by atoms with van der Waals surface area (Å²) in [6, 6.07) is 9.03. The average Bonchev–Trinajstić information content (AvgIpc) is 3.16. The normalized spacial score (nSPS) is 13.5. The van der Waals surface area contributed by atoms with E-state index in [0.29, 0.717) is 0 Å². The molecule has 5 rings (SSSR count). The third-order valence-electron chi connectivity index (χ3n) is 6.78. The van der Waals surface area contributed by atoms with Crippen molar-refractivity contribution in [2.45, 2.75) is 68.2 Å². The predicted molar refractivity (Wildman–Crippen MR) is 136 cm³/mol. The molecule has 0 fully saturated rings. The Morgan fingerprint density at radius 3 is 2.27 bits per heavy atom. The van der Waals surface area contributed by atoms with Crippen molar-refractivity contribution < 1.29 is 13.7 Å². The summed E-state index contributed by atoms with van der Waals surface area (Å²) >= 11 is 0. The van der Waals surface area contributed by atoms with Gasteiger partial charge in [-0.2, -0.15) is 4.57 Å². The smallest absolute Gasteiger partial charge is 0.257 e. The third kappa shape index (κ3) is 3.62. The Balaban J connectivity index is 1.90. The van der Waals surface area contributed by atoms with Crippen LogP contribution in [0.4, 0.5) is 0 Å². The van der Waals surface area contributed by atoms with Crippen molar-refractivity contribution in [2.24, 2.45) is 17.9 Å². The number of rotatable bonds is 2. The molecule has 2 aromatic heterocycles. The topological polar surface area (TPSA) is 26.2 Å². The van der Waals surface area contributed by atoms with Crippen LogP contribution in [0.5, 0.6) is 11.5 Å². The van der Waals surface area contributed by atoms with Crippen molar-refractivity contribution >= 4 is 21.9 Å². The Hall–Kier alpha value is -2.81. The molecule has 4 aromatic rings. The molecular weight excluding hydrogens is 406 g/mol. The maximum absolute atomic E-state index is 6.85.